The number of ether oxygens (including phenoxy) is 1. The Morgan fingerprint density at radius 3 is 2.55 bits per heavy atom. The van der Waals surface area contributed by atoms with E-state index >= 15 is 0 Å². The fraction of sp³-hybridized carbons (Fsp3) is 0.294. The number of halogens is 2. The molecule has 0 heterocycles. The minimum atomic E-state index is 0.414. The van der Waals surface area contributed by atoms with E-state index in [2.05, 4.69) is 12.1 Å². The zero-order valence-electron chi connectivity index (χ0n) is 11.2. The Morgan fingerprint density at radius 1 is 0.950 bits per heavy atom. The van der Waals surface area contributed by atoms with Crippen LogP contribution in [0.25, 0.3) is 0 Å². The van der Waals surface area contributed by atoms with Gasteiger partial charge in [0.15, 0.2) is 0 Å². The molecule has 0 unspecified atom stereocenters. The van der Waals surface area contributed by atoms with Crippen molar-refractivity contribution in [3.8, 4) is 11.5 Å². The van der Waals surface area contributed by atoms with Gasteiger partial charge < -0.3 is 4.74 Å². The molecule has 0 bridgehead atoms. The first-order chi connectivity index (χ1) is 9.76. The minimum absolute atomic E-state index is 0.414. The van der Waals surface area contributed by atoms with Crippen LogP contribution in [0.1, 0.15) is 29.5 Å². The largest absolute Gasteiger partial charge is 0.457 e. The van der Waals surface area contributed by atoms with Crippen LogP contribution in [0.5, 0.6) is 11.5 Å². The molecule has 0 amide bonds. The van der Waals surface area contributed by atoms with E-state index in [1.165, 1.54) is 30.4 Å². The highest BCUT2D eigenvalue weighted by molar-refractivity contribution is 6.30. The van der Waals surface area contributed by atoms with Crippen LogP contribution in [-0.4, -0.2) is 0 Å². The normalized spacial score (nSPS) is 13.9. The second-order valence-electron chi connectivity index (χ2n) is 5.13. The number of fused-ring (bicyclic) bond motifs is 1. The Morgan fingerprint density at radius 2 is 1.75 bits per heavy atom. The predicted molar refractivity (Wildman–Crippen MR) is 84.2 cm³/mol. The van der Waals surface area contributed by atoms with E-state index in [0.717, 1.165) is 23.5 Å². The van der Waals surface area contributed by atoms with Crippen LogP contribution in [-0.2, 0) is 18.7 Å². The van der Waals surface area contributed by atoms with E-state index in [9.17, 15) is 0 Å². The Labute approximate surface area is 129 Å². The molecule has 1 nitrogen and oxygen atoms in total. The standard InChI is InChI=1S/C17H16Cl2O/c18-11-14-5-7-15(19)10-17(14)20-16-8-6-12-3-1-2-4-13(12)9-16/h5-10H,1-4,11H2. The van der Waals surface area contributed by atoms with E-state index in [0.29, 0.717) is 10.9 Å². The van der Waals surface area contributed by atoms with Crippen LogP contribution in [0.2, 0.25) is 5.02 Å². The summed E-state index contributed by atoms with van der Waals surface area (Å²) in [6, 6.07) is 11.9. The van der Waals surface area contributed by atoms with Gasteiger partial charge in [-0.1, -0.05) is 23.7 Å². The van der Waals surface area contributed by atoms with Crippen molar-refractivity contribution in [2.24, 2.45) is 0 Å². The quantitative estimate of drug-likeness (QED) is 0.656. The summed E-state index contributed by atoms with van der Waals surface area (Å²) in [6.45, 7) is 0. The van der Waals surface area contributed by atoms with Gasteiger partial charge in [0.25, 0.3) is 0 Å². The van der Waals surface area contributed by atoms with Gasteiger partial charge in [0.2, 0.25) is 0 Å². The SMILES string of the molecule is ClCc1ccc(Cl)cc1Oc1ccc2c(c1)CCCC2. The summed E-state index contributed by atoms with van der Waals surface area (Å²) >= 11 is 12.0. The van der Waals surface area contributed by atoms with Crippen molar-refractivity contribution in [3.63, 3.8) is 0 Å². The van der Waals surface area contributed by atoms with Crippen molar-refractivity contribution in [3.05, 3.63) is 58.1 Å². The number of rotatable bonds is 3. The van der Waals surface area contributed by atoms with E-state index in [-0.39, 0.29) is 0 Å². The van der Waals surface area contributed by atoms with Gasteiger partial charge in [-0.2, -0.15) is 0 Å². The third kappa shape index (κ3) is 2.94. The smallest absolute Gasteiger partial charge is 0.133 e. The van der Waals surface area contributed by atoms with Gasteiger partial charge in [-0.15, -0.1) is 11.6 Å². The molecule has 3 heteroatoms. The van der Waals surface area contributed by atoms with Gasteiger partial charge >= 0.3 is 0 Å². The van der Waals surface area contributed by atoms with Gasteiger partial charge in [-0.25, -0.2) is 0 Å². The Bertz CT molecular complexity index is 622. The molecule has 0 aromatic heterocycles. The van der Waals surface area contributed by atoms with E-state index in [1.54, 1.807) is 0 Å². The van der Waals surface area contributed by atoms with Crippen LogP contribution in [0.3, 0.4) is 0 Å². The van der Waals surface area contributed by atoms with Crippen molar-refractivity contribution in [1.29, 1.82) is 0 Å². The molecule has 0 atom stereocenters. The maximum atomic E-state index is 6.03. The molecule has 20 heavy (non-hydrogen) atoms. The first kappa shape index (κ1) is 13.8. The number of benzene rings is 2. The van der Waals surface area contributed by atoms with Gasteiger partial charge in [-0.3, -0.25) is 0 Å². The van der Waals surface area contributed by atoms with Crippen molar-refractivity contribution in [1.82, 2.24) is 0 Å². The molecule has 0 fully saturated rings. The molecule has 2 aromatic carbocycles. The summed E-state index contributed by atoms with van der Waals surface area (Å²) in [5, 5.41) is 0.659. The Kier molecular flexibility index (Phi) is 4.18. The van der Waals surface area contributed by atoms with Crippen LogP contribution in [0.4, 0.5) is 0 Å². The molecule has 0 spiro atoms. The van der Waals surface area contributed by atoms with Crippen LogP contribution < -0.4 is 4.74 Å². The lowest BCUT2D eigenvalue weighted by molar-refractivity contribution is 0.476. The van der Waals surface area contributed by atoms with Crippen molar-refractivity contribution in [2.75, 3.05) is 0 Å². The highest BCUT2D eigenvalue weighted by Crippen LogP contribution is 2.32. The Balaban J connectivity index is 1.89. The molecule has 1 aliphatic rings. The second-order valence-corrected chi connectivity index (χ2v) is 5.83. The predicted octanol–water partition coefficient (Wildman–Crippen LogP) is 5.75. The molecule has 3 rings (SSSR count). The fourth-order valence-electron chi connectivity index (χ4n) is 2.63. The molecule has 0 saturated heterocycles. The molecule has 2 aromatic rings. The number of hydrogen-bond donors (Lipinski definition) is 0. The topological polar surface area (TPSA) is 9.23 Å². The maximum Gasteiger partial charge on any atom is 0.133 e. The summed E-state index contributed by atoms with van der Waals surface area (Å²) in [5.41, 5.74) is 3.81. The number of alkyl halides is 1. The van der Waals surface area contributed by atoms with Crippen molar-refractivity contribution >= 4 is 23.2 Å². The average Bonchev–Trinajstić information content (AvgIpc) is 2.47. The fourth-order valence-corrected chi connectivity index (χ4v) is 3.02. The highest BCUT2D eigenvalue weighted by atomic mass is 35.5. The van der Waals surface area contributed by atoms with E-state index < -0.39 is 0 Å². The summed E-state index contributed by atoms with van der Waals surface area (Å²) in [6.07, 6.45) is 4.88. The molecule has 0 N–H and O–H groups in total. The van der Waals surface area contributed by atoms with Crippen LogP contribution >= 0.6 is 23.2 Å². The molecule has 0 saturated carbocycles. The molecule has 0 radical (unpaired) electrons. The van der Waals surface area contributed by atoms with Gasteiger partial charge in [0, 0.05) is 10.6 Å². The number of aryl methyl sites for hydroxylation is 2. The summed E-state index contributed by atoms with van der Waals surface area (Å²) in [5.74, 6) is 2.01. The second kappa shape index (κ2) is 6.07. The lowest BCUT2D eigenvalue weighted by atomic mass is 9.92. The van der Waals surface area contributed by atoms with Gasteiger partial charge in [-0.05, 0) is 61.1 Å². The molecule has 0 aliphatic heterocycles. The third-order valence-corrected chi connectivity index (χ3v) is 4.24. The molecule has 1 aliphatic carbocycles. The first-order valence-electron chi connectivity index (χ1n) is 6.90. The molecular weight excluding hydrogens is 291 g/mol. The van der Waals surface area contributed by atoms with Gasteiger partial charge in [0.05, 0.1) is 5.88 Å². The summed E-state index contributed by atoms with van der Waals surface area (Å²) in [4.78, 5) is 0. The number of hydrogen-bond acceptors (Lipinski definition) is 1. The van der Waals surface area contributed by atoms with E-state index in [4.69, 9.17) is 27.9 Å². The zero-order chi connectivity index (χ0) is 13.9. The lowest BCUT2D eigenvalue weighted by Gasteiger charge is -2.17. The van der Waals surface area contributed by atoms with Crippen LogP contribution in [0.15, 0.2) is 36.4 Å². The molecule has 104 valence electrons. The summed E-state index contributed by atoms with van der Waals surface area (Å²) < 4.78 is 5.98. The Hall–Kier alpha value is -1.18. The minimum Gasteiger partial charge on any atom is -0.457 e. The average molecular weight is 307 g/mol. The molecular formula is C17H16Cl2O. The summed E-state index contributed by atoms with van der Waals surface area (Å²) in [7, 11) is 0. The van der Waals surface area contributed by atoms with Crippen molar-refractivity contribution in [2.45, 2.75) is 31.6 Å². The maximum absolute atomic E-state index is 6.03. The van der Waals surface area contributed by atoms with Crippen molar-refractivity contribution < 1.29 is 4.74 Å². The monoisotopic (exact) mass is 306 g/mol. The zero-order valence-corrected chi connectivity index (χ0v) is 12.7. The van der Waals surface area contributed by atoms with E-state index in [1.807, 2.05) is 24.3 Å². The van der Waals surface area contributed by atoms with Gasteiger partial charge in [0.1, 0.15) is 11.5 Å². The first-order valence-corrected chi connectivity index (χ1v) is 7.81. The lowest BCUT2D eigenvalue weighted by Crippen LogP contribution is -2.02. The third-order valence-electron chi connectivity index (χ3n) is 3.72. The highest BCUT2D eigenvalue weighted by Gasteiger charge is 2.11. The van der Waals surface area contributed by atoms with Crippen LogP contribution in [0, 0.1) is 0 Å².